The van der Waals surface area contributed by atoms with Gasteiger partial charge in [0, 0.05) is 24.8 Å². The topological polar surface area (TPSA) is 71.3 Å². The molecule has 0 atom stereocenters. The number of nitrogens with zero attached hydrogens (tertiary/aromatic N) is 8. The van der Waals surface area contributed by atoms with Gasteiger partial charge in [-0.2, -0.15) is 0 Å². The normalized spacial score (nSPS) is 11.3. The van der Waals surface area contributed by atoms with E-state index in [2.05, 4.69) is 20.4 Å². The van der Waals surface area contributed by atoms with Gasteiger partial charge in [-0.3, -0.25) is 0 Å². The van der Waals surface area contributed by atoms with Gasteiger partial charge in [0.2, 0.25) is 0 Å². The Labute approximate surface area is 169 Å². The van der Waals surface area contributed by atoms with E-state index in [1.807, 2.05) is 67.4 Å². The zero-order valence-corrected chi connectivity index (χ0v) is 15.2. The summed E-state index contributed by atoms with van der Waals surface area (Å²) in [6.45, 7) is -1.83. The van der Waals surface area contributed by atoms with E-state index in [1.165, 1.54) is 0 Å². The molecule has 0 amide bonds. The van der Waals surface area contributed by atoms with Crippen LogP contribution in [0.4, 0.5) is 0 Å². The molecule has 0 N–H and O–H groups in total. The van der Waals surface area contributed by atoms with Crippen LogP contribution in [0, 0.1) is 0 Å². The second-order valence-electron chi connectivity index (χ2n) is 4.64. The molecule has 4 heterocycles. The van der Waals surface area contributed by atoms with Crippen LogP contribution in [0.1, 0.15) is 0 Å². The van der Waals surface area contributed by atoms with E-state index in [9.17, 15) is 0 Å². The molecule has 0 aliphatic heterocycles. The first-order valence-corrected chi connectivity index (χ1v) is 6.57. The van der Waals surface area contributed by atoms with E-state index in [0.717, 1.165) is 0 Å². The molecule has 4 rings (SSSR count). The number of rotatable bonds is 4. The standard InChI is InChI=1S/C12H12BN8.K/c1-5-14-18(9-1)13(19-10-2-6-15-19,20-11-3-7-16-20)21-12-4-8-17-21;/h1-12H;/q-1;+1. The van der Waals surface area contributed by atoms with Gasteiger partial charge in [0.1, 0.15) is 0 Å². The third-order valence-corrected chi connectivity index (χ3v) is 3.52. The van der Waals surface area contributed by atoms with Crippen LogP contribution < -0.4 is 51.4 Å². The van der Waals surface area contributed by atoms with Crippen LogP contribution in [0.15, 0.2) is 73.8 Å². The minimum Gasteiger partial charge on any atom is -0.379 e. The summed E-state index contributed by atoms with van der Waals surface area (Å²) in [6.07, 6.45) is 14.4. The van der Waals surface area contributed by atoms with Gasteiger partial charge in [-0.05, 0) is 49.1 Å². The summed E-state index contributed by atoms with van der Waals surface area (Å²) in [5.41, 5.74) is 0. The number of aromatic nitrogens is 8. The molecule has 10 heteroatoms. The maximum absolute atomic E-state index is 4.42. The monoisotopic (exact) mass is 318 g/mol. The summed E-state index contributed by atoms with van der Waals surface area (Å²) in [5, 5.41) is 17.7. The van der Waals surface area contributed by atoms with Gasteiger partial charge in [0.25, 0.3) is 0 Å². The van der Waals surface area contributed by atoms with Crippen molar-refractivity contribution in [3.8, 4) is 0 Å². The van der Waals surface area contributed by atoms with Gasteiger partial charge >= 0.3 is 58.1 Å². The molecule has 0 saturated carbocycles. The van der Waals surface area contributed by atoms with Crippen LogP contribution in [0.25, 0.3) is 0 Å². The van der Waals surface area contributed by atoms with Crippen LogP contribution in [-0.2, 0) is 0 Å². The molecular formula is C12H12BKN8. The SMILES string of the molecule is [K+].c1cnn([B-](n2cccn2)(n2cccn2)n2cccn2)c1. The van der Waals surface area contributed by atoms with Crippen molar-refractivity contribution in [1.29, 1.82) is 0 Å². The van der Waals surface area contributed by atoms with Gasteiger partial charge in [-0.1, -0.05) is 0 Å². The third kappa shape index (κ3) is 2.23. The molecule has 0 unspecified atom stereocenters. The van der Waals surface area contributed by atoms with Crippen LogP contribution in [-0.4, -0.2) is 45.5 Å². The maximum Gasteiger partial charge on any atom is 1.00 e. The van der Waals surface area contributed by atoms with Gasteiger partial charge in [0.15, 0.2) is 0 Å². The van der Waals surface area contributed by atoms with E-state index >= 15 is 0 Å². The summed E-state index contributed by atoms with van der Waals surface area (Å²) >= 11 is 0. The first-order chi connectivity index (χ1) is 10.4. The molecule has 0 aromatic carbocycles. The van der Waals surface area contributed by atoms with Crippen molar-refractivity contribution in [3.63, 3.8) is 0 Å². The summed E-state index contributed by atoms with van der Waals surface area (Å²) in [7, 11) is 0. The van der Waals surface area contributed by atoms with E-state index in [1.54, 1.807) is 24.8 Å². The third-order valence-electron chi connectivity index (χ3n) is 3.52. The smallest absolute Gasteiger partial charge is 0.379 e. The van der Waals surface area contributed by atoms with Crippen molar-refractivity contribution in [2.24, 2.45) is 0 Å². The average molecular weight is 318 g/mol. The molecule has 4 aromatic rings. The Morgan fingerprint density at radius 1 is 0.500 bits per heavy atom. The molecular weight excluding hydrogens is 306 g/mol. The molecule has 8 nitrogen and oxygen atoms in total. The summed E-state index contributed by atoms with van der Waals surface area (Å²) in [4.78, 5) is 0. The Kier molecular flexibility index (Phi) is 4.45. The fourth-order valence-electron chi connectivity index (χ4n) is 2.67. The molecule has 0 bridgehead atoms. The quantitative estimate of drug-likeness (QED) is 0.387. The fraction of sp³-hybridized carbons (Fsp3) is 0. The van der Waals surface area contributed by atoms with Crippen LogP contribution in [0.3, 0.4) is 0 Å². The first kappa shape index (κ1) is 15.4. The second-order valence-corrected chi connectivity index (χ2v) is 4.64. The van der Waals surface area contributed by atoms with Crippen molar-refractivity contribution in [3.05, 3.63) is 73.8 Å². The molecule has 0 fully saturated rings. The summed E-state index contributed by atoms with van der Waals surface area (Å²) < 4.78 is 7.25. The van der Waals surface area contributed by atoms with E-state index in [4.69, 9.17) is 0 Å². The van der Waals surface area contributed by atoms with Crippen LogP contribution >= 0.6 is 0 Å². The Bertz CT molecular complexity index is 649. The molecule has 22 heavy (non-hydrogen) atoms. The Morgan fingerprint density at radius 2 is 0.773 bits per heavy atom. The Morgan fingerprint density at radius 3 is 0.955 bits per heavy atom. The minimum absolute atomic E-state index is 0. The molecule has 0 aliphatic carbocycles. The van der Waals surface area contributed by atoms with Gasteiger partial charge in [-0.25, -0.2) is 20.4 Å². The Balaban J connectivity index is 0.00000144. The average Bonchev–Trinajstić information content (AvgIpc) is 3.32. The Hall–Kier alpha value is -1.46. The largest absolute Gasteiger partial charge is 1.00 e. The number of hydrogen-bond acceptors (Lipinski definition) is 4. The second kappa shape index (κ2) is 6.34. The summed E-state index contributed by atoms with van der Waals surface area (Å²) in [5.74, 6) is 0. The van der Waals surface area contributed by atoms with Gasteiger partial charge in [0.05, 0.1) is 0 Å². The molecule has 104 valence electrons. The van der Waals surface area contributed by atoms with E-state index in [-0.39, 0.29) is 51.4 Å². The van der Waals surface area contributed by atoms with E-state index in [0.29, 0.717) is 0 Å². The molecule has 0 saturated heterocycles. The molecule has 0 spiro atoms. The zero-order chi connectivity index (χ0) is 14.1. The fourth-order valence-corrected chi connectivity index (χ4v) is 2.67. The molecule has 0 radical (unpaired) electrons. The van der Waals surface area contributed by atoms with E-state index < -0.39 is 6.69 Å². The van der Waals surface area contributed by atoms with Crippen molar-refractivity contribution in [1.82, 2.24) is 38.8 Å². The molecule has 4 aromatic heterocycles. The van der Waals surface area contributed by atoms with Crippen LogP contribution in [0.2, 0.25) is 0 Å². The first-order valence-electron chi connectivity index (χ1n) is 6.57. The van der Waals surface area contributed by atoms with Crippen molar-refractivity contribution < 1.29 is 51.4 Å². The maximum atomic E-state index is 4.42. The zero-order valence-electron chi connectivity index (χ0n) is 12.1. The van der Waals surface area contributed by atoms with Crippen molar-refractivity contribution in [2.75, 3.05) is 0 Å². The predicted molar refractivity (Wildman–Crippen MR) is 76.3 cm³/mol. The molecule has 0 aliphatic rings. The van der Waals surface area contributed by atoms with Crippen molar-refractivity contribution in [2.45, 2.75) is 0 Å². The number of hydrogen-bond donors (Lipinski definition) is 0. The van der Waals surface area contributed by atoms with Gasteiger partial charge in [-0.15, -0.1) is 0 Å². The van der Waals surface area contributed by atoms with Crippen LogP contribution in [0.5, 0.6) is 0 Å². The van der Waals surface area contributed by atoms with Gasteiger partial charge < -0.3 is 18.4 Å². The minimum atomic E-state index is -1.83. The predicted octanol–water partition coefficient (Wildman–Crippen LogP) is -2.59. The summed E-state index contributed by atoms with van der Waals surface area (Å²) in [6, 6.07) is 7.47. The van der Waals surface area contributed by atoms with Crippen molar-refractivity contribution >= 4 is 6.69 Å².